The predicted molar refractivity (Wildman–Crippen MR) is 252 cm³/mol. The van der Waals surface area contributed by atoms with Crippen LogP contribution < -0.4 is 0 Å². The Hall–Kier alpha value is -2.11. The Morgan fingerprint density at radius 3 is 0.915 bits per heavy atom. The van der Waals surface area contributed by atoms with E-state index in [-0.39, 0.29) is 31.1 Å². The van der Waals surface area contributed by atoms with Gasteiger partial charge in [-0.2, -0.15) is 0 Å². The molecular formula is C53H98O6. The second-order valence-electron chi connectivity index (χ2n) is 17.4. The molecule has 0 saturated heterocycles. The van der Waals surface area contributed by atoms with Gasteiger partial charge >= 0.3 is 17.9 Å². The van der Waals surface area contributed by atoms with Crippen molar-refractivity contribution in [2.45, 2.75) is 284 Å². The van der Waals surface area contributed by atoms with E-state index in [1.54, 1.807) is 0 Å². The van der Waals surface area contributed by atoms with E-state index in [9.17, 15) is 14.4 Å². The Morgan fingerprint density at radius 2 is 0.576 bits per heavy atom. The first kappa shape index (κ1) is 56.9. The highest BCUT2D eigenvalue weighted by Gasteiger charge is 2.19. The van der Waals surface area contributed by atoms with Gasteiger partial charge in [-0.3, -0.25) is 14.4 Å². The fourth-order valence-electron chi connectivity index (χ4n) is 7.48. The van der Waals surface area contributed by atoms with E-state index in [4.69, 9.17) is 14.2 Å². The molecule has 0 aliphatic rings. The average molecular weight is 831 g/mol. The third kappa shape index (κ3) is 46.8. The summed E-state index contributed by atoms with van der Waals surface area (Å²) in [5, 5.41) is 0. The first-order chi connectivity index (χ1) is 29.0. The monoisotopic (exact) mass is 831 g/mol. The van der Waals surface area contributed by atoms with Crippen LogP contribution in [0.1, 0.15) is 278 Å². The van der Waals surface area contributed by atoms with E-state index in [0.29, 0.717) is 19.3 Å². The minimum absolute atomic E-state index is 0.0748. The lowest BCUT2D eigenvalue weighted by molar-refractivity contribution is -0.167. The highest BCUT2D eigenvalue weighted by Crippen LogP contribution is 2.16. The predicted octanol–water partition coefficient (Wildman–Crippen LogP) is 16.8. The van der Waals surface area contributed by atoms with Gasteiger partial charge in [-0.05, 0) is 64.2 Å². The summed E-state index contributed by atoms with van der Waals surface area (Å²) in [6, 6.07) is 0. The molecule has 6 heteroatoms. The van der Waals surface area contributed by atoms with Gasteiger partial charge in [0.1, 0.15) is 13.2 Å². The third-order valence-corrected chi connectivity index (χ3v) is 11.4. The van der Waals surface area contributed by atoms with Crippen LogP contribution in [0.2, 0.25) is 0 Å². The number of rotatable bonds is 47. The Bertz CT molecular complexity index is 958. The number of hydrogen-bond donors (Lipinski definition) is 0. The van der Waals surface area contributed by atoms with Crippen LogP contribution in [-0.4, -0.2) is 37.2 Å². The van der Waals surface area contributed by atoms with Crippen LogP contribution in [0.3, 0.4) is 0 Å². The Morgan fingerprint density at radius 1 is 0.322 bits per heavy atom. The quantitative estimate of drug-likeness (QED) is 0.0263. The molecule has 346 valence electrons. The molecule has 59 heavy (non-hydrogen) atoms. The topological polar surface area (TPSA) is 78.9 Å². The normalized spacial score (nSPS) is 12.1. The van der Waals surface area contributed by atoms with E-state index in [0.717, 1.165) is 70.6 Å². The summed E-state index contributed by atoms with van der Waals surface area (Å²) in [7, 11) is 0. The van der Waals surface area contributed by atoms with Crippen LogP contribution in [0.25, 0.3) is 0 Å². The molecule has 0 aromatic carbocycles. The van der Waals surface area contributed by atoms with Crippen molar-refractivity contribution in [3.05, 3.63) is 24.3 Å². The minimum Gasteiger partial charge on any atom is -0.462 e. The van der Waals surface area contributed by atoms with Crippen molar-refractivity contribution in [1.29, 1.82) is 0 Å². The molecule has 0 rings (SSSR count). The summed E-state index contributed by atoms with van der Waals surface area (Å²) in [6.07, 6.45) is 54.5. The standard InChI is InChI=1S/C53H98O6/c1-4-7-10-13-16-19-22-24-25-26-27-29-32-35-38-41-44-47-53(56)59-50(48-57-51(54)45-42-39-36-33-30-21-18-15-12-9-6-3)49-58-52(55)46-43-40-37-34-31-28-23-20-17-14-11-8-5-2/h15,18,20,23,50H,4-14,16-17,19,21-22,24-49H2,1-3H3/b18-15-,23-20-/t50-/m0/s1. The van der Waals surface area contributed by atoms with Crippen molar-refractivity contribution >= 4 is 17.9 Å². The largest absolute Gasteiger partial charge is 0.462 e. The van der Waals surface area contributed by atoms with Crippen LogP contribution in [0.4, 0.5) is 0 Å². The van der Waals surface area contributed by atoms with Gasteiger partial charge < -0.3 is 14.2 Å². The lowest BCUT2D eigenvalue weighted by Crippen LogP contribution is -2.30. The molecule has 1 atom stereocenters. The number of hydrogen-bond acceptors (Lipinski definition) is 6. The van der Waals surface area contributed by atoms with Crippen LogP contribution in [-0.2, 0) is 28.6 Å². The zero-order chi connectivity index (χ0) is 43.0. The summed E-state index contributed by atoms with van der Waals surface area (Å²) in [5.74, 6) is -0.880. The number of ether oxygens (including phenoxy) is 3. The van der Waals surface area contributed by atoms with Gasteiger partial charge in [0, 0.05) is 19.3 Å². The summed E-state index contributed by atoms with van der Waals surface area (Å²) >= 11 is 0. The molecule has 0 aliphatic heterocycles. The van der Waals surface area contributed by atoms with Crippen molar-refractivity contribution < 1.29 is 28.6 Å². The molecular weight excluding hydrogens is 733 g/mol. The molecule has 0 N–H and O–H groups in total. The molecule has 0 aromatic rings. The second-order valence-corrected chi connectivity index (χ2v) is 17.4. The maximum atomic E-state index is 12.8. The third-order valence-electron chi connectivity index (χ3n) is 11.4. The zero-order valence-electron chi connectivity index (χ0n) is 39.5. The van der Waals surface area contributed by atoms with Crippen molar-refractivity contribution in [3.63, 3.8) is 0 Å². The number of esters is 3. The van der Waals surface area contributed by atoms with Crippen LogP contribution in [0, 0.1) is 0 Å². The fourth-order valence-corrected chi connectivity index (χ4v) is 7.48. The number of allylic oxidation sites excluding steroid dienone is 4. The van der Waals surface area contributed by atoms with Crippen LogP contribution >= 0.6 is 0 Å². The molecule has 0 saturated carbocycles. The average Bonchev–Trinajstić information content (AvgIpc) is 3.23. The second kappa shape index (κ2) is 48.6. The van der Waals surface area contributed by atoms with E-state index in [1.807, 2.05) is 0 Å². The molecule has 0 heterocycles. The van der Waals surface area contributed by atoms with Gasteiger partial charge in [-0.25, -0.2) is 0 Å². The van der Waals surface area contributed by atoms with Gasteiger partial charge in [0.05, 0.1) is 0 Å². The lowest BCUT2D eigenvalue weighted by Gasteiger charge is -2.18. The molecule has 0 bridgehead atoms. The van der Waals surface area contributed by atoms with Crippen LogP contribution in [0.5, 0.6) is 0 Å². The van der Waals surface area contributed by atoms with E-state index < -0.39 is 6.10 Å². The van der Waals surface area contributed by atoms with Crippen LogP contribution in [0.15, 0.2) is 24.3 Å². The number of unbranched alkanes of at least 4 members (excludes halogenated alkanes) is 32. The minimum atomic E-state index is -0.772. The van der Waals surface area contributed by atoms with Crippen molar-refractivity contribution in [2.75, 3.05) is 13.2 Å². The zero-order valence-corrected chi connectivity index (χ0v) is 39.5. The van der Waals surface area contributed by atoms with Gasteiger partial charge in [-0.1, -0.05) is 218 Å². The lowest BCUT2D eigenvalue weighted by atomic mass is 10.0. The maximum Gasteiger partial charge on any atom is 0.306 e. The van der Waals surface area contributed by atoms with Crippen molar-refractivity contribution in [3.8, 4) is 0 Å². The molecule has 6 nitrogen and oxygen atoms in total. The molecule has 0 unspecified atom stereocenters. The van der Waals surface area contributed by atoms with Crippen molar-refractivity contribution in [2.24, 2.45) is 0 Å². The van der Waals surface area contributed by atoms with Gasteiger partial charge in [0.2, 0.25) is 0 Å². The molecule has 0 radical (unpaired) electrons. The van der Waals surface area contributed by atoms with E-state index in [2.05, 4.69) is 45.1 Å². The van der Waals surface area contributed by atoms with Gasteiger partial charge in [0.25, 0.3) is 0 Å². The first-order valence-electron chi connectivity index (χ1n) is 25.8. The molecule has 0 aliphatic carbocycles. The SMILES string of the molecule is CCCC/C=C\CCCCCCCC(=O)OC[C@@H](COC(=O)CCCCCCC/C=C\CCCCCC)OC(=O)CCCCCCCCCCCCCCCCCCC. The molecule has 0 aromatic heterocycles. The molecule has 0 spiro atoms. The number of carbonyl (C=O) groups is 3. The molecule has 0 amide bonds. The van der Waals surface area contributed by atoms with Gasteiger partial charge in [0.15, 0.2) is 6.10 Å². The number of carbonyl (C=O) groups excluding carboxylic acids is 3. The smallest absolute Gasteiger partial charge is 0.306 e. The Labute approximate surface area is 366 Å². The highest BCUT2D eigenvalue weighted by atomic mass is 16.6. The van der Waals surface area contributed by atoms with E-state index >= 15 is 0 Å². The fraction of sp³-hybridized carbons (Fsp3) is 0.868. The van der Waals surface area contributed by atoms with Gasteiger partial charge in [-0.15, -0.1) is 0 Å². The highest BCUT2D eigenvalue weighted by molar-refractivity contribution is 5.71. The Balaban J connectivity index is 4.33. The summed E-state index contributed by atoms with van der Waals surface area (Å²) in [5.41, 5.74) is 0. The summed E-state index contributed by atoms with van der Waals surface area (Å²) in [6.45, 7) is 6.60. The van der Waals surface area contributed by atoms with Crippen molar-refractivity contribution in [1.82, 2.24) is 0 Å². The Kier molecular flexibility index (Phi) is 46.8. The maximum absolute atomic E-state index is 12.8. The molecule has 0 fully saturated rings. The van der Waals surface area contributed by atoms with E-state index in [1.165, 1.54) is 167 Å². The first-order valence-corrected chi connectivity index (χ1v) is 25.8. The summed E-state index contributed by atoms with van der Waals surface area (Å²) in [4.78, 5) is 37.9. The summed E-state index contributed by atoms with van der Waals surface area (Å²) < 4.78 is 16.8.